The van der Waals surface area contributed by atoms with Crippen LogP contribution in [0.25, 0.3) is 11.1 Å². The molecule has 0 radical (unpaired) electrons. The molecule has 0 saturated carbocycles. The normalized spacial score (nSPS) is 11.3. The summed E-state index contributed by atoms with van der Waals surface area (Å²) in [6.07, 6.45) is 0. The molecule has 3 aromatic carbocycles. The third-order valence-electron chi connectivity index (χ3n) is 4.99. The van der Waals surface area contributed by atoms with Crippen molar-refractivity contribution < 1.29 is 19.5 Å². The lowest BCUT2D eigenvalue weighted by Crippen LogP contribution is -2.40. The van der Waals surface area contributed by atoms with Crippen molar-refractivity contribution in [3.63, 3.8) is 0 Å². The number of halogens is 1. The van der Waals surface area contributed by atoms with E-state index in [4.69, 9.17) is 16.7 Å². The lowest BCUT2D eigenvalue weighted by molar-refractivity contribution is -0.141. The number of carbonyl (C=O) groups is 3. The van der Waals surface area contributed by atoms with Crippen LogP contribution in [0.15, 0.2) is 72.8 Å². The van der Waals surface area contributed by atoms with Crippen LogP contribution < -0.4 is 10.6 Å². The molecule has 1 atom stereocenters. The van der Waals surface area contributed by atoms with Crippen LogP contribution in [-0.2, 0) is 4.79 Å². The molecule has 3 amide bonds. The van der Waals surface area contributed by atoms with Crippen molar-refractivity contribution in [3.8, 4) is 11.1 Å². The lowest BCUT2D eigenvalue weighted by Gasteiger charge is -2.21. The van der Waals surface area contributed by atoms with Crippen molar-refractivity contribution >= 4 is 40.9 Å². The van der Waals surface area contributed by atoms with Gasteiger partial charge in [0, 0.05) is 18.3 Å². The number of carboxylic acid groups (broad SMARTS) is 1. The van der Waals surface area contributed by atoms with Crippen LogP contribution in [0.2, 0.25) is 5.02 Å². The number of carbonyl (C=O) groups excluding carboxylic acids is 2. The van der Waals surface area contributed by atoms with E-state index < -0.39 is 18.0 Å². The average molecular weight is 452 g/mol. The standard InChI is InChI=1S/C24H22ClN3O4/c1-15(23(30)31)28(2)22(29)18-9-7-16(8-10-18)17-11-13-19(14-12-17)26-24(32)27-21-6-4-3-5-20(21)25/h3-15H,1-2H3,(H,30,31)(H2,26,27,32)/t15-/m0/s1. The van der Waals surface area contributed by atoms with Crippen molar-refractivity contribution in [2.24, 2.45) is 0 Å². The summed E-state index contributed by atoms with van der Waals surface area (Å²) in [6.45, 7) is 1.46. The Bertz CT molecular complexity index is 1130. The predicted octanol–water partition coefficient (Wildman–Crippen LogP) is 5.20. The van der Waals surface area contributed by atoms with Crippen molar-refractivity contribution in [1.82, 2.24) is 4.90 Å². The first-order valence-electron chi connectivity index (χ1n) is 9.79. The van der Waals surface area contributed by atoms with Gasteiger partial charge < -0.3 is 20.6 Å². The maximum atomic E-state index is 12.4. The van der Waals surface area contributed by atoms with Gasteiger partial charge in [-0.25, -0.2) is 9.59 Å². The van der Waals surface area contributed by atoms with E-state index in [1.807, 2.05) is 12.1 Å². The Morgan fingerprint density at radius 2 is 1.44 bits per heavy atom. The quantitative estimate of drug-likeness (QED) is 0.480. The number of nitrogens with one attached hydrogen (secondary N) is 2. The van der Waals surface area contributed by atoms with Gasteiger partial charge in [-0.05, 0) is 54.4 Å². The molecule has 0 aliphatic rings. The molecule has 0 saturated heterocycles. The highest BCUT2D eigenvalue weighted by molar-refractivity contribution is 6.33. The zero-order chi connectivity index (χ0) is 23.3. The molecular formula is C24H22ClN3O4. The minimum Gasteiger partial charge on any atom is -0.480 e. The van der Waals surface area contributed by atoms with Crippen LogP contribution in [0.3, 0.4) is 0 Å². The van der Waals surface area contributed by atoms with Crippen LogP contribution in [-0.4, -0.2) is 41.0 Å². The number of amides is 3. The largest absolute Gasteiger partial charge is 0.480 e. The third-order valence-corrected chi connectivity index (χ3v) is 5.32. The minimum absolute atomic E-state index is 0.365. The van der Waals surface area contributed by atoms with E-state index in [0.29, 0.717) is 22.0 Å². The molecule has 3 N–H and O–H groups in total. The number of hydrogen-bond donors (Lipinski definition) is 3. The van der Waals surface area contributed by atoms with Gasteiger partial charge in [-0.2, -0.15) is 0 Å². The van der Waals surface area contributed by atoms with E-state index in [-0.39, 0.29) is 5.91 Å². The number of anilines is 2. The highest BCUT2D eigenvalue weighted by atomic mass is 35.5. The third kappa shape index (κ3) is 5.44. The van der Waals surface area contributed by atoms with Crippen molar-refractivity contribution in [3.05, 3.63) is 83.4 Å². The average Bonchev–Trinajstić information content (AvgIpc) is 2.79. The van der Waals surface area contributed by atoms with Crippen molar-refractivity contribution in [2.45, 2.75) is 13.0 Å². The van der Waals surface area contributed by atoms with Crippen LogP contribution in [0.5, 0.6) is 0 Å². The lowest BCUT2D eigenvalue weighted by atomic mass is 10.0. The smallest absolute Gasteiger partial charge is 0.326 e. The predicted molar refractivity (Wildman–Crippen MR) is 125 cm³/mol. The molecule has 0 bridgehead atoms. The number of likely N-dealkylation sites (N-methyl/N-ethyl adjacent to an activating group) is 1. The molecule has 164 valence electrons. The molecule has 0 heterocycles. The van der Waals surface area contributed by atoms with E-state index in [1.54, 1.807) is 60.7 Å². The number of para-hydroxylation sites is 1. The van der Waals surface area contributed by atoms with E-state index in [9.17, 15) is 14.4 Å². The Kier molecular flexibility index (Phi) is 7.12. The molecule has 8 heteroatoms. The number of nitrogens with zero attached hydrogens (tertiary/aromatic N) is 1. The molecule has 0 unspecified atom stereocenters. The summed E-state index contributed by atoms with van der Waals surface area (Å²) in [4.78, 5) is 36.9. The molecule has 32 heavy (non-hydrogen) atoms. The number of benzene rings is 3. The van der Waals surface area contributed by atoms with Gasteiger partial charge in [0.25, 0.3) is 5.91 Å². The Morgan fingerprint density at radius 1 is 0.875 bits per heavy atom. The monoisotopic (exact) mass is 451 g/mol. The highest BCUT2D eigenvalue weighted by Crippen LogP contribution is 2.24. The maximum absolute atomic E-state index is 12.4. The fourth-order valence-corrected chi connectivity index (χ4v) is 3.13. The fourth-order valence-electron chi connectivity index (χ4n) is 2.94. The van der Waals surface area contributed by atoms with Gasteiger partial charge in [0.15, 0.2) is 0 Å². The van der Waals surface area contributed by atoms with Crippen LogP contribution in [0, 0.1) is 0 Å². The molecule has 3 aromatic rings. The summed E-state index contributed by atoms with van der Waals surface area (Å²) in [5, 5.41) is 15.0. The van der Waals surface area contributed by atoms with Gasteiger partial charge in [0.1, 0.15) is 6.04 Å². The van der Waals surface area contributed by atoms with Gasteiger partial charge >= 0.3 is 12.0 Å². The second kappa shape index (κ2) is 9.98. The SMILES string of the molecule is C[C@@H](C(=O)O)N(C)C(=O)c1ccc(-c2ccc(NC(=O)Nc3ccccc3Cl)cc2)cc1. The minimum atomic E-state index is -1.06. The van der Waals surface area contributed by atoms with Crippen LogP contribution in [0.4, 0.5) is 16.2 Å². The first kappa shape index (κ1) is 22.8. The Balaban J connectivity index is 1.64. The second-order valence-electron chi connectivity index (χ2n) is 7.14. The van der Waals surface area contributed by atoms with Crippen LogP contribution >= 0.6 is 11.6 Å². The summed E-state index contributed by atoms with van der Waals surface area (Å²) >= 11 is 6.04. The Morgan fingerprint density at radius 3 is 2.00 bits per heavy atom. The molecule has 0 aliphatic carbocycles. The number of carboxylic acids is 1. The fraction of sp³-hybridized carbons (Fsp3) is 0.125. The van der Waals surface area contributed by atoms with Crippen molar-refractivity contribution in [2.75, 3.05) is 17.7 Å². The molecule has 0 spiro atoms. The maximum Gasteiger partial charge on any atom is 0.326 e. The first-order valence-corrected chi connectivity index (χ1v) is 10.2. The zero-order valence-corrected chi connectivity index (χ0v) is 18.3. The second-order valence-corrected chi connectivity index (χ2v) is 7.55. The van der Waals surface area contributed by atoms with E-state index in [0.717, 1.165) is 11.1 Å². The van der Waals surface area contributed by atoms with E-state index >= 15 is 0 Å². The molecule has 7 nitrogen and oxygen atoms in total. The van der Waals surface area contributed by atoms with Gasteiger partial charge in [-0.1, -0.05) is 48.0 Å². The summed E-state index contributed by atoms with van der Waals surface area (Å²) in [5.74, 6) is -1.43. The molecular weight excluding hydrogens is 430 g/mol. The molecule has 0 fully saturated rings. The molecule has 3 rings (SSSR count). The summed E-state index contributed by atoms with van der Waals surface area (Å²) in [7, 11) is 1.46. The van der Waals surface area contributed by atoms with Gasteiger partial charge in [-0.15, -0.1) is 0 Å². The topological polar surface area (TPSA) is 98.7 Å². The molecule has 0 aliphatic heterocycles. The highest BCUT2D eigenvalue weighted by Gasteiger charge is 2.22. The summed E-state index contributed by atoms with van der Waals surface area (Å²) in [5.41, 5.74) is 3.30. The number of urea groups is 1. The van der Waals surface area contributed by atoms with Gasteiger partial charge in [0.05, 0.1) is 10.7 Å². The van der Waals surface area contributed by atoms with Crippen molar-refractivity contribution in [1.29, 1.82) is 0 Å². The summed E-state index contributed by atoms with van der Waals surface area (Å²) in [6, 6.07) is 19.8. The van der Waals surface area contributed by atoms with Gasteiger partial charge in [-0.3, -0.25) is 4.79 Å². The first-order chi connectivity index (χ1) is 15.3. The van der Waals surface area contributed by atoms with E-state index in [1.165, 1.54) is 18.9 Å². The molecule has 0 aromatic heterocycles. The Labute approximate surface area is 190 Å². The zero-order valence-electron chi connectivity index (χ0n) is 17.5. The number of rotatable bonds is 6. The number of hydrogen-bond acceptors (Lipinski definition) is 3. The van der Waals surface area contributed by atoms with E-state index in [2.05, 4.69) is 10.6 Å². The number of aliphatic carboxylic acids is 1. The Hall–Kier alpha value is -3.84. The van der Waals surface area contributed by atoms with Gasteiger partial charge in [0.2, 0.25) is 0 Å². The summed E-state index contributed by atoms with van der Waals surface area (Å²) < 4.78 is 0. The van der Waals surface area contributed by atoms with Crippen LogP contribution in [0.1, 0.15) is 17.3 Å².